The molecule has 0 amide bonds. The maximum absolute atomic E-state index is 12.5. The van der Waals surface area contributed by atoms with Gasteiger partial charge >= 0.3 is 0 Å². The third-order valence-corrected chi connectivity index (χ3v) is 6.58. The number of allylic oxidation sites excluding steroid dienone is 1. The summed E-state index contributed by atoms with van der Waals surface area (Å²) in [6.45, 7) is 2.36. The molecule has 3 heteroatoms. The molecule has 1 aromatic rings. The SMILES string of the molecule is COc1ccc2c3c1OC1C(=O)C=CC4[C@@H](C2)C(C)CC[C@]314. The standard InChI is InChI=1S/C19H20O3/c1-10-7-8-19-13-4-5-14(20)18(19)22-17-15(21-2)6-3-11(16(17)19)9-12(10)13/h3-6,10,12-13,18H,7-9H2,1-2H3/t10?,12-,13?,18?,19-/m0/s1. The Morgan fingerprint density at radius 3 is 3.05 bits per heavy atom. The lowest BCUT2D eigenvalue weighted by Gasteiger charge is -2.54. The number of ketones is 1. The monoisotopic (exact) mass is 296 g/mol. The molecule has 3 aliphatic carbocycles. The molecule has 0 saturated heterocycles. The first-order chi connectivity index (χ1) is 10.7. The van der Waals surface area contributed by atoms with Crippen LogP contribution in [0.3, 0.4) is 0 Å². The zero-order valence-corrected chi connectivity index (χ0v) is 13.0. The second-order valence-corrected chi connectivity index (χ2v) is 7.34. The molecule has 1 aliphatic heterocycles. The van der Waals surface area contributed by atoms with E-state index < -0.39 is 0 Å². The van der Waals surface area contributed by atoms with E-state index in [9.17, 15) is 4.79 Å². The van der Waals surface area contributed by atoms with Crippen LogP contribution in [0.15, 0.2) is 24.3 Å². The van der Waals surface area contributed by atoms with Gasteiger partial charge in [-0.15, -0.1) is 0 Å². The highest BCUT2D eigenvalue weighted by Gasteiger charge is 2.64. The molecule has 4 aliphatic rings. The van der Waals surface area contributed by atoms with Gasteiger partial charge in [0.05, 0.1) is 12.5 Å². The molecular formula is C19H20O3. The first kappa shape index (κ1) is 12.7. The molecule has 2 bridgehead atoms. The first-order valence-electron chi connectivity index (χ1n) is 8.26. The number of carbonyl (C=O) groups excluding carboxylic acids is 1. The molecule has 0 N–H and O–H groups in total. The smallest absolute Gasteiger partial charge is 0.196 e. The van der Waals surface area contributed by atoms with Crippen LogP contribution in [-0.4, -0.2) is 19.0 Å². The molecule has 3 nitrogen and oxygen atoms in total. The van der Waals surface area contributed by atoms with Crippen molar-refractivity contribution in [3.63, 3.8) is 0 Å². The van der Waals surface area contributed by atoms with Gasteiger partial charge in [-0.25, -0.2) is 0 Å². The lowest BCUT2D eigenvalue weighted by Crippen LogP contribution is -2.58. The summed E-state index contributed by atoms with van der Waals surface area (Å²) in [5, 5.41) is 0. The lowest BCUT2D eigenvalue weighted by atomic mass is 9.48. The van der Waals surface area contributed by atoms with Gasteiger partial charge in [0.2, 0.25) is 0 Å². The van der Waals surface area contributed by atoms with Gasteiger partial charge in [-0.2, -0.15) is 0 Å². The van der Waals surface area contributed by atoms with Crippen molar-refractivity contribution < 1.29 is 14.3 Å². The summed E-state index contributed by atoms with van der Waals surface area (Å²) in [5.74, 6) is 3.48. The Morgan fingerprint density at radius 1 is 1.36 bits per heavy atom. The Kier molecular flexibility index (Phi) is 2.29. The van der Waals surface area contributed by atoms with Gasteiger partial charge < -0.3 is 9.47 Å². The zero-order chi connectivity index (χ0) is 15.1. The summed E-state index contributed by atoms with van der Waals surface area (Å²) in [4.78, 5) is 12.5. The third-order valence-electron chi connectivity index (χ3n) is 6.58. The Hall–Kier alpha value is -1.77. The number of benzene rings is 1. The average Bonchev–Trinajstić information content (AvgIpc) is 2.88. The summed E-state index contributed by atoms with van der Waals surface area (Å²) in [7, 11) is 1.67. The maximum Gasteiger partial charge on any atom is 0.196 e. The molecule has 1 fully saturated rings. The van der Waals surface area contributed by atoms with Crippen LogP contribution in [0.5, 0.6) is 11.5 Å². The minimum absolute atomic E-state index is 0.121. The normalized spacial score (nSPS) is 40.2. The van der Waals surface area contributed by atoms with E-state index in [0.717, 1.165) is 24.3 Å². The highest BCUT2D eigenvalue weighted by atomic mass is 16.5. The Bertz CT molecular complexity index is 720. The molecule has 114 valence electrons. The second kappa shape index (κ2) is 3.95. The van der Waals surface area contributed by atoms with Crippen molar-refractivity contribution in [2.45, 2.75) is 37.7 Å². The molecule has 1 saturated carbocycles. The molecular weight excluding hydrogens is 276 g/mol. The average molecular weight is 296 g/mol. The van der Waals surface area contributed by atoms with Gasteiger partial charge in [0, 0.05) is 5.56 Å². The fourth-order valence-electron chi connectivity index (χ4n) is 5.59. The molecule has 5 rings (SSSR count). The van der Waals surface area contributed by atoms with Crippen molar-refractivity contribution in [2.24, 2.45) is 17.8 Å². The van der Waals surface area contributed by atoms with E-state index in [4.69, 9.17) is 9.47 Å². The van der Waals surface area contributed by atoms with Crippen molar-refractivity contribution in [1.29, 1.82) is 0 Å². The van der Waals surface area contributed by atoms with E-state index >= 15 is 0 Å². The van der Waals surface area contributed by atoms with Crippen molar-refractivity contribution in [2.75, 3.05) is 7.11 Å². The van der Waals surface area contributed by atoms with Crippen LogP contribution in [0, 0.1) is 17.8 Å². The van der Waals surface area contributed by atoms with Crippen LogP contribution in [0.1, 0.15) is 30.9 Å². The van der Waals surface area contributed by atoms with Gasteiger partial charge in [0.1, 0.15) is 0 Å². The van der Waals surface area contributed by atoms with E-state index in [-0.39, 0.29) is 17.3 Å². The quantitative estimate of drug-likeness (QED) is 0.799. The number of hydrogen-bond donors (Lipinski definition) is 0. The number of rotatable bonds is 1. The Balaban J connectivity index is 1.84. The van der Waals surface area contributed by atoms with E-state index in [1.165, 1.54) is 17.5 Å². The summed E-state index contributed by atoms with van der Waals surface area (Å²) >= 11 is 0. The van der Waals surface area contributed by atoms with E-state index in [0.29, 0.717) is 17.8 Å². The fraction of sp³-hybridized carbons (Fsp3) is 0.526. The summed E-state index contributed by atoms with van der Waals surface area (Å²) in [5.41, 5.74) is 2.51. The third kappa shape index (κ3) is 1.23. The zero-order valence-electron chi connectivity index (χ0n) is 13.0. The minimum Gasteiger partial charge on any atom is -0.493 e. The highest BCUT2D eigenvalue weighted by Crippen LogP contribution is 2.64. The molecule has 0 radical (unpaired) electrons. The molecule has 0 aromatic heterocycles. The largest absolute Gasteiger partial charge is 0.493 e. The molecule has 1 heterocycles. The van der Waals surface area contributed by atoms with Crippen molar-refractivity contribution in [1.82, 2.24) is 0 Å². The number of methoxy groups -OCH3 is 1. The van der Waals surface area contributed by atoms with Gasteiger partial charge in [-0.3, -0.25) is 4.79 Å². The molecule has 5 atom stereocenters. The van der Waals surface area contributed by atoms with Crippen molar-refractivity contribution in [3.8, 4) is 11.5 Å². The first-order valence-corrected chi connectivity index (χ1v) is 8.26. The van der Waals surface area contributed by atoms with Gasteiger partial charge in [0.25, 0.3) is 0 Å². The van der Waals surface area contributed by atoms with Gasteiger partial charge in [-0.05, 0) is 54.7 Å². The van der Waals surface area contributed by atoms with Crippen LogP contribution in [0.25, 0.3) is 0 Å². The van der Waals surface area contributed by atoms with Crippen LogP contribution in [0.4, 0.5) is 0 Å². The topological polar surface area (TPSA) is 35.5 Å². The van der Waals surface area contributed by atoms with Crippen LogP contribution in [-0.2, 0) is 16.6 Å². The number of hydrogen-bond acceptors (Lipinski definition) is 3. The Labute approximate surface area is 130 Å². The molecule has 1 aromatic carbocycles. The van der Waals surface area contributed by atoms with Crippen LogP contribution < -0.4 is 9.47 Å². The minimum atomic E-state index is -0.345. The summed E-state index contributed by atoms with van der Waals surface area (Å²) in [6.07, 6.45) is 6.92. The molecule has 22 heavy (non-hydrogen) atoms. The summed E-state index contributed by atoms with van der Waals surface area (Å²) < 4.78 is 11.7. The van der Waals surface area contributed by atoms with Crippen molar-refractivity contribution >= 4 is 5.78 Å². The lowest BCUT2D eigenvalue weighted by molar-refractivity contribution is -0.127. The highest BCUT2D eigenvalue weighted by molar-refractivity contribution is 5.98. The van der Waals surface area contributed by atoms with Crippen LogP contribution in [0.2, 0.25) is 0 Å². The predicted molar refractivity (Wildman–Crippen MR) is 82.3 cm³/mol. The van der Waals surface area contributed by atoms with Crippen molar-refractivity contribution in [3.05, 3.63) is 35.4 Å². The van der Waals surface area contributed by atoms with Crippen LogP contribution >= 0.6 is 0 Å². The summed E-state index contributed by atoms with van der Waals surface area (Å²) in [6, 6.07) is 4.19. The van der Waals surface area contributed by atoms with Gasteiger partial charge in [0.15, 0.2) is 23.4 Å². The number of carbonyl (C=O) groups is 1. The van der Waals surface area contributed by atoms with E-state index in [1.807, 2.05) is 6.07 Å². The number of ether oxygens (including phenoxy) is 2. The molecule has 3 unspecified atom stereocenters. The van der Waals surface area contributed by atoms with Gasteiger partial charge in [-0.1, -0.05) is 19.1 Å². The predicted octanol–water partition coefficient (Wildman–Crippen LogP) is 3.05. The second-order valence-electron chi connectivity index (χ2n) is 7.34. The van der Waals surface area contributed by atoms with E-state index in [1.54, 1.807) is 13.2 Å². The molecule has 1 spiro atoms. The maximum atomic E-state index is 12.5. The fourth-order valence-corrected chi connectivity index (χ4v) is 5.59. The Morgan fingerprint density at radius 2 is 2.23 bits per heavy atom. The van der Waals surface area contributed by atoms with E-state index in [2.05, 4.69) is 19.1 Å².